The second kappa shape index (κ2) is 5.87. The van der Waals surface area contributed by atoms with E-state index >= 15 is 0 Å². The lowest BCUT2D eigenvalue weighted by atomic mass is 9.83. The number of carboxylic acid groups (broad SMARTS) is 1. The summed E-state index contributed by atoms with van der Waals surface area (Å²) in [6.45, 7) is 1.79. The van der Waals surface area contributed by atoms with Gasteiger partial charge in [-0.3, -0.25) is 9.59 Å². The summed E-state index contributed by atoms with van der Waals surface area (Å²) in [6.07, 6.45) is 0.727. The van der Waals surface area contributed by atoms with Gasteiger partial charge in [-0.25, -0.2) is 12.7 Å². The highest BCUT2D eigenvalue weighted by Gasteiger charge is 2.41. The first kappa shape index (κ1) is 15.9. The lowest BCUT2D eigenvalue weighted by Gasteiger charge is -2.36. The molecule has 0 aromatic carbocycles. The van der Waals surface area contributed by atoms with E-state index in [1.54, 1.807) is 0 Å². The van der Waals surface area contributed by atoms with Crippen molar-refractivity contribution in [2.75, 3.05) is 26.0 Å². The van der Waals surface area contributed by atoms with Gasteiger partial charge in [-0.05, 0) is 19.8 Å². The summed E-state index contributed by atoms with van der Waals surface area (Å²) in [5, 5.41) is 9.14. The van der Waals surface area contributed by atoms with Crippen molar-refractivity contribution in [2.24, 2.45) is 5.41 Å². The number of ether oxygens (including phenoxy) is 1. The Morgan fingerprint density at radius 3 is 2.58 bits per heavy atom. The van der Waals surface area contributed by atoms with E-state index in [0.29, 0.717) is 19.4 Å². The van der Waals surface area contributed by atoms with E-state index < -0.39 is 27.4 Å². The van der Waals surface area contributed by atoms with Crippen molar-refractivity contribution in [3.63, 3.8) is 0 Å². The molecule has 0 aliphatic carbocycles. The molecule has 1 heterocycles. The molecule has 0 saturated carbocycles. The van der Waals surface area contributed by atoms with Crippen molar-refractivity contribution in [2.45, 2.75) is 26.2 Å². The molecule has 1 atom stereocenters. The van der Waals surface area contributed by atoms with Crippen LogP contribution in [0.2, 0.25) is 0 Å². The summed E-state index contributed by atoms with van der Waals surface area (Å²) in [5.74, 6) is -1.95. The van der Waals surface area contributed by atoms with Gasteiger partial charge in [0.25, 0.3) is 0 Å². The Morgan fingerprint density at radius 2 is 2.05 bits per heavy atom. The molecule has 1 saturated heterocycles. The molecule has 8 heteroatoms. The Balaban J connectivity index is 2.73. The van der Waals surface area contributed by atoms with Crippen LogP contribution in [0.4, 0.5) is 0 Å². The smallest absolute Gasteiger partial charge is 0.310 e. The van der Waals surface area contributed by atoms with Crippen LogP contribution < -0.4 is 0 Å². The van der Waals surface area contributed by atoms with E-state index in [0.717, 1.165) is 4.31 Å². The molecule has 1 rings (SSSR count). The lowest BCUT2D eigenvalue weighted by Crippen LogP contribution is -2.49. The normalized spacial score (nSPS) is 24.9. The monoisotopic (exact) mass is 293 g/mol. The highest BCUT2D eigenvalue weighted by Crippen LogP contribution is 2.31. The van der Waals surface area contributed by atoms with Gasteiger partial charge in [0.2, 0.25) is 10.0 Å². The summed E-state index contributed by atoms with van der Waals surface area (Å²) in [6, 6.07) is 0. The first-order chi connectivity index (χ1) is 8.71. The summed E-state index contributed by atoms with van der Waals surface area (Å²) in [4.78, 5) is 22.1. The second-order valence-corrected chi connectivity index (χ2v) is 7.03. The van der Waals surface area contributed by atoms with Crippen LogP contribution >= 0.6 is 0 Å². The van der Waals surface area contributed by atoms with Crippen LogP contribution in [-0.2, 0) is 24.3 Å². The molecule has 19 heavy (non-hydrogen) atoms. The van der Waals surface area contributed by atoms with Gasteiger partial charge < -0.3 is 9.84 Å². The van der Waals surface area contributed by atoms with Gasteiger partial charge in [0.1, 0.15) is 0 Å². The van der Waals surface area contributed by atoms with E-state index in [9.17, 15) is 18.0 Å². The molecule has 1 aliphatic rings. The molecular formula is C11H19NO6S. The Hall–Kier alpha value is -1.15. The SMILES string of the molecule is COC(=O)CCS(=O)(=O)N1CCCC(C)(C(=O)O)C1. The number of carbonyl (C=O) groups excluding carboxylic acids is 1. The van der Waals surface area contributed by atoms with Gasteiger partial charge in [0.15, 0.2) is 0 Å². The van der Waals surface area contributed by atoms with Gasteiger partial charge in [0, 0.05) is 13.1 Å². The van der Waals surface area contributed by atoms with Crippen LogP contribution in [0.15, 0.2) is 0 Å². The minimum absolute atomic E-state index is 0.0498. The number of piperidine rings is 1. The third-order valence-electron chi connectivity index (χ3n) is 3.36. The highest BCUT2D eigenvalue weighted by atomic mass is 32.2. The fourth-order valence-corrected chi connectivity index (χ4v) is 3.62. The zero-order chi connectivity index (χ0) is 14.7. The van der Waals surface area contributed by atoms with E-state index in [1.165, 1.54) is 14.0 Å². The van der Waals surface area contributed by atoms with Crippen LogP contribution in [-0.4, -0.2) is 55.7 Å². The Kier molecular flexibility index (Phi) is 4.92. The van der Waals surface area contributed by atoms with Crippen molar-refractivity contribution >= 4 is 22.0 Å². The minimum Gasteiger partial charge on any atom is -0.481 e. The number of rotatable bonds is 5. The van der Waals surface area contributed by atoms with E-state index in [-0.39, 0.29) is 18.7 Å². The Morgan fingerprint density at radius 1 is 1.42 bits per heavy atom. The molecule has 1 N–H and O–H groups in total. The number of hydrogen-bond donors (Lipinski definition) is 1. The quantitative estimate of drug-likeness (QED) is 0.720. The number of carbonyl (C=O) groups is 2. The van der Waals surface area contributed by atoms with E-state index in [1.807, 2.05) is 0 Å². The topological polar surface area (TPSA) is 101 Å². The maximum Gasteiger partial charge on any atom is 0.310 e. The number of sulfonamides is 1. The third-order valence-corrected chi connectivity index (χ3v) is 5.18. The molecule has 7 nitrogen and oxygen atoms in total. The number of carboxylic acids is 1. The number of nitrogens with zero attached hydrogens (tertiary/aromatic N) is 1. The molecule has 1 aliphatic heterocycles. The summed E-state index contributed by atoms with van der Waals surface area (Å²) >= 11 is 0. The Bertz CT molecular complexity index is 460. The van der Waals surface area contributed by atoms with Crippen molar-refractivity contribution in [3.8, 4) is 0 Å². The lowest BCUT2D eigenvalue weighted by molar-refractivity contribution is -0.150. The standard InChI is InChI=1S/C11H19NO6S/c1-11(10(14)15)5-3-6-12(8-11)19(16,17)7-4-9(13)18-2/h3-8H2,1-2H3,(H,14,15). The Labute approximate surface area is 112 Å². The molecule has 0 radical (unpaired) electrons. The molecule has 110 valence electrons. The fourth-order valence-electron chi connectivity index (χ4n) is 2.05. The summed E-state index contributed by atoms with van der Waals surface area (Å²) in [7, 11) is -2.43. The predicted molar refractivity (Wildman–Crippen MR) is 67.0 cm³/mol. The number of methoxy groups -OCH3 is 1. The summed E-state index contributed by atoms with van der Waals surface area (Å²) < 4.78 is 29.6. The van der Waals surface area contributed by atoms with Crippen LogP contribution in [0.25, 0.3) is 0 Å². The fraction of sp³-hybridized carbons (Fsp3) is 0.818. The van der Waals surface area contributed by atoms with Crippen LogP contribution in [0.1, 0.15) is 26.2 Å². The number of hydrogen-bond acceptors (Lipinski definition) is 5. The minimum atomic E-state index is -3.62. The molecule has 0 aromatic heterocycles. The van der Waals surface area contributed by atoms with Crippen LogP contribution in [0.5, 0.6) is 0 Å². The first-order valence-corrected chi connectivity index (χ1v) is 7.60. The van der Waals surface area contributed by atoms with Crippen molar-refractivity contribution in [3.05, 3.63) is 0 Å². The second-order valence-electron chi connectivity index (χ2n) is 4.95. The van der Waals surface area contributed by atoms with Gasteiger partial charge in [0.05, 0.1) is 24.7 Å². The maximum atomic E-state index is 12.0. The van der Waals surface area contributed by atoms with Crippen molar-refractivity contribution in [1.29, 1.82) is 0 Å². The average molecular weight is 293 g/mol. The maximum absolute atomic E-state index is 12.0. The van der Waals surface area contributed by atoms with Crippen LogP contribution in [0.3, 0.4) is 0 Å². The van der Waals surface area contributed by atoms with Gasteiger partial charge >= 0.3 is 11.9 Å². The number of esters is 1. The van der Waals surface area contributed by atoms with E-state index in [4.69, 9.17) is 5.11 Å². The van der Waals surface area contributed by atoms with Crippen molar-refractivity contribution in [1.82, 2.24) is 4.31 Å². The molecule has 0 bridgehead atoms. The molecule has 1 unspecified atom stereocenters. The summed E-state index contributed by atoms with van der Waals surface area (Å²) in [5.41, 5.74) is -1.06. The molecule has 0 aromatic rings. The van der Waals surface area contributed by atoms with Gasteiger partial charge in [-0.15, -0.1) is 0 Å². The van der Waals surface area contributed by atoms with Gasteiger partial charge in [-0.1, -0.05) is 0 Å². The van der Waals surface area contributed by atoms with Gasteiger partial charge in [-0.2, -0.15) is 0 Å². The van der Waals surface area contributed by atoms with E-state index in [2.05, 4.69) is 4.74 Å². The molecule has 1 fully saturated rings. The predicted octanol–water partition coefficient (Wildman–Crippen LogP) is 0.0660. The largest absolute Gasteiger partial charge is 0.481 e. The zero-order valence-corrected chi connectivity index (χ0v) is 11.9. The first-order valence-electron chi connectivity index (χ1n) is 5.99. The molecule has 0 spiro atoms. The molecular weight excluding hydrogens is 274 g/mol. The third kappa shape index (κ3) is 3.90. The average Bonchev–Trinajstić information content (AvgIpc) is 2.36. The zero-order valence-electron chi connectivity index (χ0n) is 11.1. The molecule has 0 amide bonds. The highest BCUT2D eigenvalue weighted by molar-refractivity contribution is 7.89. The number of aliphatic carboxylic acids is 1. The van der Waals surface area contributed by atoms with Crippen LogP contribution in [0, 0.1) is 5.41 Å². The van der Waals surface area contributed by atoms with Crippen molar-refractivity contribution < 1.29 is 27.9 Å².